The first-order valence-electron chi connectivity index (χ1n) is 46.1. The number of hydrogen-bond donors (Lipinski definition) is 0. The summed E-state index contributed by atoms with van der Waals surface area (Å²) in [6.45, 7) is 51.5. The predicted molar refractivity (Wildman–Crippen MR) is 525 cm³/mol. The molecule has 0 N–H and O–H groups in total. The Morgan fingerprint density at radius 2 is 0.496 bits per heavy atom. The average Bonchev–Trinajstić information content (AvgIpc) is 1.65. The first-order chi connectivity index (χ1) is 59.9. The first kappa shape index (κ1) is 93.4. The fraction of sp³-hybridized carbons (Fsp3) is 0.391. The molecule has 5 heterocycles. The molecule has 0 atom stereocenters. The molecule has 17 rings (SSSR count). The highest BCUT2D eigenvalue weighted by molar-refractivity contribution is 5.96. The minimum Gasteiger partial charge on any atom is -0.232 e. The zero-order valence-corrected chi connectivity index (χ0v) is 81.8. The van der Waals surface area contributed by atoms with Gasteiger partial charge < -0.3 is 0 Å². The largest absolute Gasteiger partial charge is 0.287 e. The van der Waals surface area contributed by atoms with Crippen LogP contribution >= 0.6 is 0 Å². The van der Waals surface area contributed by atoms with Crippen LogP contribution in [0.25, 0.3) is 111 Å². The van der Waals surface area contributed by atoms with Gasteiger partial charge in [-0.2, -0.15) is 0 Å². The molecule has 658 valence electrons. The van der Waals surface area contributed by atoms with E-state index < -0.39 is 0 Å². The van der Waals surface area contributed by atoms with Gasteiger partial charge in [-0.15, -0.1) is 0 Å². The Morgan fingerprint density at radius 1 is 0.268 bits per heavy atom. The summed E-state index contributed by atoms with van der Waals surface area (Å²) in [6, 6.07) is 51.3. The van der Waals surface area contributed by atoms with Crippen LogP contribution in [-0.2, 0) is 54.5 Å². The van der Waals surface area contributed by atoms with Crippen LogP contribution in [0.15, 0.2) is 171 Å². The van der Waals surface area contributed by atoms with Crippen LogP contribution in [0.5, 0.6) is 0 Å². The van der Waals surface area contributed by atoms with E-state index in [1.54, 1.807) is 0 Å². The second-order valence-electron chi connectivity index (χ2n) is 41.2. The fourth-order valence-electron chi connectivity index (χ4n) is 19.7. The summed E-state index contributed by atoms with van der Waals surface area (Å²) >= 11 is 0. The molecule has 0 aliphatic heterocycles. The number of aryl methyl sites for hydroxylation is 13. The zero-order valence-electron chi connectivity index (χ0n) is 81.8. The van der Waals surface area contributed by atoms with Crippen molar-refractivity contribution in [1.82, 2.24) is 24.9 Å². The van der Waals surface area contributed by atoms with Gasteiger partial charge in [0.15, 0.2) is 27.6 Å². The van der Waals surface area contributed by atoms with Crippen molar-refractivity contribution in [2.45, 2.75) is 249 Å². The van der Waals surface area contributed by atoms with Crippen LogP contribution in [-0.4, -0.2) is 24.9 Å². The van der Waals surface area contributed by atoms with E-state index in [4.69, 9.17) is 15.0 Å². The maximum absolute atomic E-state index is 14.3. The Balaban J connectivity index is 0.000000136. The lowest BCUT2D eigenvalue weighted by atomic mass is 9.87. The molecule has 2 fully saturated rings. The van der Waals surface area contributed by atoms with E-state index in [1.165, 1.54) is 179 Å². The van der Waals surface area contributed by atoms with Gasteiger partial charge in [-0.25, -0.2) is 31.6 Å². The van der Waals surface area contributed by atoms with Crippen LogP contribution in [0.2, 0.25) is 0 Å². The second kappa shape index (κ2) is 38.0. The lowest BCUT2D eigenvalue weighted by molar-refractivity contribution is -0.662. The van der Waals surface area contributed by atoms with Crippen molar-refractivity contribution in [2.75, 3.05) is 0 Å². The second-order valence-corrected chi connectivity index (χ2v) is 41.2. The van der Waals surface area contributed by atoms with E-state index in [0.717, 1.165) is 103 Å². The molecule has 5 aromatic heterocycles. The van der Waals surface area contributed by atoms with E-state index in [-0.39, 0.29) is 27.9 Å². The Hall–Kier alpha value is -11.2. The first-order valence-corrected chi connectivity index (χ1v) is 46.1. The van der Waals surface area contributed by atoms with E-state index >= 15 is 0 Å². The van der Waals surface area contributed by atoms with Crippen molar-refractivity contribution in [3.8, 4) is 56.3 Å². The SMILES string of the molecule is Cc1cc(-c2c3ccc(C4CCCC4)cc3nc[n+]2C)c(C)c(C)c1F.Cc1cc(-c2c3ccc(CC(C)(C)C)cc3nc[n+]2C)c(C)c(C)c1F.Cc1cc(C)c(C)c(-c2c3ccc(C4CCCC4)cc3nc[n+]2C)c1.Cc1cc(C)c(C)c(-c2c3ccc(CC(C)(C)C)cc3nc[n+]2C)c1.Cc1cc(C)c(C)c(-c2c3ccc(CC(C)(C)C)cc3nc[n+]2C)c1. The highest BCUT2D eigenvalue weighted by atomic mass is 19.1. The maximum atomic E-state index is 14.3. The molecule has 127 heavy (non-hydrogen) atoms. The predicted octanol–water partition coefficient (Wildman–Crippen LogP) is 26.6. The summed E-state index contributed by atoms with van der Waals surface area (Å²) in [4.78, 5) is 23.4. The Bertz CT molecular complexity index is 6560. The van der Waals surface area contributed by atoms with Gasteiger partial charge in [0.25, 0.3) is 31.6 Å². The van der Waals surface area contributed by atoms with Gasteiger partial charge in [-0.3, -0.25) is 0 Å². The molecule has 10 aromatic carbocycles. The zero-order chi connectivity index (χ0) is 91.9. The molecule has 0 unspecified atom stereocenters. The summed E-state index contributed by atoms with van der Waals surface area (Å²) in [5.41, 5.74) is 41.7. The average molecular weight is 1700 g/mol. The van der Waals surface area contributed by atoms with Gasteiger partial charge in [0.05, 0.1) is 62.2 Å². The third-order valence-electron chi connectivity index (χ3n) is 26.7. The number of fused-ring (bicyclic) bond motifs is 5. The summed E-state index contributed by atoms with van der Waals surface area (Å²) < 4.78 is 39.1. The standard InChI is InChI=1S/C23H26FN2.C23H28FN2.C23H27N2.2C23H29N2/c1-14-11-20(15(2)16(3)22(14)24)23-19-10-9-18(17-7-5-6-8-17)12-21(19)25-13-26(23)4;1-14-10-19(15(2)16(3)21(14)24)22-18-9-8-17(12-23(4,5)6)11-20(18)25-13-26(22)7;1-15-11-16(2)17(3)21(12-15)23-20-10-9-19(18-7-5-6-8-18)13-22(20)24-14-25(23)4;2*1-15-10-16(2)17(3)20(11-15)22-19-9-8-18(13-23(4,5)6)12-21(19)24-14-25(22)7/h9-13,17H,5-8H2,1-4H3;8-11,13H,12H2,1-7H3;9-14,18H,5-8H2,1-4H3;2*8-12,14H,13H2,1-7H3/q5*+1. The number of hydrogen-bond acceptors (Lipinski definition) is 5. The molecule has 2 aliphatic carbocycles. The number of benzene rings is 10. The highest BCUT2D eigenvalue weighted by Crippen LogP contribution is 2.42. The lowest BCUT2D eigenvalue weighted by Crippen LogP contribution is -2.32. The molecule has 0 spiro atoms. The highest BCUT2D eigenvalue weighted by Gasteiger charge is 2.29. The fourth-order valence-corrected chi connectivity index (χ4v) is 19.7. The van der Waals surface area contributed by atoms with Crippen molar-refractivity contribution < 1.29 is 31.6 Å². The normalized spacial score (nSPS) is 13.3. The quantitative estimate of drug-likeness (QED) is 0.127. The lowest BCUT2D eigenvalue weighted by Gasteiger charge is -2.18. The van der Waals surface area contributed by atoms with Crippen LogP contribution in [0.4, 0.5) is 8.78 Å². The van der Waals surface area contributed by atoms with Gasteiger partial charge in [0, 0.05) is 27.8 Å². The topological polar surface area (TPSA) is 83.8 Å². The molecule has 2 aliphatic rings. The summed E-state index contributed by atoms with van der Waals surface area (Å²) in [7, 11) is 10.3. The van der Waals surface area contributed by atoms with Gasteiger partial charge >= 0.3 is 0 Å². The molecule has 10 nitrogen and oxygen atoms in total. The molecule has 15 aromatic rings. The molecule has 2 saturated carbocycles. The third kappa shape index (κ3) is 21.0. The van der Waals surface area contributed by atoms with Crippen LogP contribution in [0.1, 0.15) is 237 Å². The molecule has 0 bridgehead atoms. The Kier molecular flexibility index (Phi) is 27.9. The van der Waals surface area contributed by atoms with Gasteiger partial charge in [-0.05, 0) is 387 Å². The Morgan fingerprint density at radius 3 is 0.740 bits per heavy atom. The summed E-state index contributed by atoms with van der Waals surface area (Å²) in [5.74, 6) is 1.19. The van der Waals surface area contributed by atoms with Crippen LogP contribution < -0.4 is 22.8 Å². The molecular formula is C115H139F2N10+5. The van der Waals surface area contributed by atoms with Crippen molar-refractivity contribution in [3.05, 3.63) is 294 Å². The minimum atomic E-state index is -0.111. The summed E-state index contributed by atoms with van der Waals surface area (Å²) in [5, 5.41) is 5.91. The van der Waals surface area contributed by atoms with Crippen molar-refractivity contribution in [1.29, 1.82) is 0 Å². The molecule has 0 saturated heterocycles. The molecule has 0 amide bonds. The number of aromatic nitrogens is 10. The van der Waals surface area contributed by atoms with E-state index in [9.17, 15) is 8.78 Å². The molecule has 0 radical (unpaired) electrons. The number of rotatable bonds is 10. The van der Waals surface area contributed by atoms with Crippen molar-refractivity contribution in [3.63, 3.8) is 0 Å². The smallest absolute Gasteiger partial charge is 0.232 e. The van der Waals surface area contributed by atoms with E-state index in [0.29, 0.717) is 22.6 Å². The number of halogens is 2. The molecule has 12 heteroatoms. The monoisotopic (exact) mass is 1700 g/mol. The third-order valence-corrected chi connectivity index (χ3v) is 26.7. The Labute approximate surface area is 756 Å². The van der Waals surface area contributed by atoms with Gasteiger partial charge in [0.1, 0.15) is 40.1 Å². The van der Waals surface area contributed by atoms with Crippen molar-refractivity contribution >= 4 is 54.5 Å². The van der Waals surface area contributed by atoms with Gasteiger partial charge in [-0.1, -0.05) is 153 Å². The van der Waals surface area contributed by atoms with Crippen LogP contribution in [0.3, 0.4) is 0 Å². The summed E-state index contributed by atoms with van der Waals surface area (Å²) in [6.07, 6.45) is 23.3. The minimum absolute atomic E-state index is 0.101. The maximum Gasteiger partial charge on any atom is 0.287 e. The van der Waals surface area contributed by atoms with Crippen molar-refractivity contribution in [2.24, 2.45) is 51.5 Å². The van der Waals surface area contributed by atoms with Gasteiger partial charge in [0.2, 0.25) is 0 Å². The van der Waals surface area contributed by atoms with E-state index in [2.05, 4.69) is 301 Å². The molecular weight excluding hydrogens is 1560 g/mol. The van der Waals surface area contributed by atoms with E-state index in [1.807, 2.05) is 104 Å². The number of nitrogens with zero attached hydrogens (tertiary/aromatic N) is 10. The van der Waals surface area contributed by atoms with Crippen LogP contribution in [0, 0.1) is 132 Å².